The van der Waals surface area contributed by atoms with Gasteiger partial charge in [0, 0.05) is 6.54 Å². The van der Waals surface area contributed by atoms with Gasteiger partial charge in [0.1, 0.15) is 4.90 Å². The van der Waals surface area contributed by atoms with Crippen LogP contribution < -0.4 is 11.1 Å². The number of hydrogen-bond acceptors (Lipinski definition) is 3. The molecule has 1 aromatic carbocycles. The molecule has 16 heavy (non-hydrogen) atoms. The summed E-state index contributed by atoms with van der Waals surface area (Å²) in [4.78, 5) is 3.62. The van der Waals surface area contributed by atoms with Crippen LogP contribution in [0.1, 0.15) is 6.92 Å². The Bertz CT molecular complexity index is 496. The lowest BCUT2D eigenvalue weighted by Crippen LogP contribution is -2.23. The first-order valence-corrected chi connectivity index (χ1v) is 6.02. The molecule has 0 fully saturated rings. The van der Waals surface area contributed by atoms with Crippen molar-refractivity contribution in [2.75, 3.05) is 11.9 Å². The summed E-state index contributed by atoms with van der Waals surface area (Å²) in [6, 6.07) is 5.88. The molecule has 6 nitrogen and oxygen atoms in total. The second kappa shape index (κ2) is 4.95. The van der Waals surface area contributed by atoms with E-state index in [0.29, 0.717) is 6.54 Å². The first kappa shape index (κ1) is 12.5. The molecule has 0 aliphatic carbocycles. The SMILES string of the molecule is CCN=C(N)Nc1ccccc1S(=O)(=O)O. The lowest BCUT2D eigenvalue weighted by molar-refractivity contribution is 0.483. The highest BCUT2D eigenvalue weighted by atomic mass is 32.2. The van der Waals surface area contributed by atoms with Gasteiger partial charge in [0.05, 0.1) is 5.69 Å². The maximum atomic E-state index is 11.0. The van der Waals surface area contributed by atoms with E-state index < -0.39 is 10.1 Å². The molecular formula is C9H13N3O3S. The molecule has 0 saturated heterocycles. The number of para-hydroxylation sites is 1. The number of anilines is 1. The van der Waals surface area contributed by atoms with E-state index in [1.54, 1.807) is 13.0 Å². The van der Waals surface area contributed by atoms with E-state index in [9.17, 15) is 8.42 Å². The van der Waals surface area contributed by atoms with E-state index in [-0.39, 0.29) is 16.5 Å². The zero-order valence-corrected chi connectivity index (χ0v) is 9.53. The van der Waals surface area contributed by atoms with Crippen LogP contribution in [-0.2, 0) is 10.1 Å². The molecule has 0 heterocycles. The van der Waals surface area contributed by atoms with Crippen molar-refractivity contribution in [2.24, 2.45) is 10.7 Å². The van der Waals surface area contributed by atoms with Crippen molar-refractivity contribution in [3.05, 3.63) is 24.3 Å². The van der Waals surface area contributed by atoms with Crippen LogP contribution in [0.15, 0.2) is 34.2 Å². The minimum atomic E-state index is -4.27. The Morgan fingerprint density at radius 3 is 2.69 bits per heavy atom. The summed E-state index contributed by atoms with van der Waals surface area (Å²) in [6.45, 7) is 2.27. The van der Waals surface area contributed by atoms with Crippen molar-refractivity contribution in [3.63, 3.8) is 0 Å². The number of aliphatic imine (C=N–C) groups is 1. The van der Waals surface area contributed by atoms with Gasteiger partial charge in [-0.3, -0.25) is 9.55 Å². The summed E-state index contributed by atoms with van der Waals surface area (Å²) in [7, 11) is -4.27. The Labute approximate surface area is 93.9 Å². The van der Waals surface area contributed by atoms with E-state index in [2.05, 4.69) is 10.3 Å². The minimum absolute atomic E-state index is 0.0959. The molecule has 0 amide bonds. The van der Waals surface area contributed by atoms with Crippen molar-refractivity contribution < 1.29 is 13.0 Å². The Hall–Kier alpha value is -1.60. The summed E-state index contributed by atoms with van der Waals surface area (Å²) < 4.78 is 31.0. The standard InChI is InChI=1S/C9H13N3O3S/c1-2-11-9(10)12-7-5-3-4-6-8(7)16(13,14)15/h3-6H,2H2,1H3,(H3,10,11,12)(H,13,14,15). The number of hydrogen-bond donors (Lipinski definition) is 3. The number of nitrogens with zero attached hydrogens (tertiary/aromatic N) is 1. The van der Waals surface area contributed by atoms with E-state index in [1.165, 1.54) is 18.2 Å². The molecule has 0 aromatic heterocycles. The molecule has 0 atom stereocenters. The maximum Gasteiger partial charge on any atom is 0.296 e. The van der Waals surface area contributed by atoms with Crippen molar-refractivity contribution in [3.8, 4) is 0 Å². The lowest BCUT2D eigenvalue weighted by atomic mass is 10.3. The zero-order valence-electron chi connectivity index (χ0n) is 8.71. The van der Waals surface area contributed by atoms with Crippen LogP contribution in [0.3, 0.4) is 0 Å². The molecular weight excluding hydrogens is 230 g/mol. The number of nitrogens with one attached hydrogen (secondary N) is 1. The molecule has 4 N–H and O–H groups in total. The molecule has 0 bridgehead atoms. The predicted molar refractivity (Wildman–Crippen MR) is 62.0 cm³/mol. The first-order chi connectivity index (χ1) is 7.45. The summed E-state index contributed by atoms with van der Waals surface area (Å²) in [6.07, 6.45) is 0. The average Bonchev–Trinajstić information content (AvgIpc) is 2.17. The van der Waals surface area contributed by atoms with Crippen molar-refractivity contribution >= 4 is 21.8 Å². The summed E-state index contributed by atoms with van der Waals surface area (Å²) in [5.41, 5.74) is 5.69. The molecule has 0 radical (unpaired) electrons. The van der Waals surface area contributed by atoms with Gasteiger partial charge in [0.25, 0.3) is 10.1 Å². The van der Waals surface area contributed by atoms with Crippen molar-refractivity contribution in [1.82, 2.24) is 0 Å². The quantitative estimate of drug-likeness (QED) is 0.411. The normalized spacial score (nSPS) is 12.5. The molecule has 0 spiro atoms. The topological polar surface area (TPSA) is 105 Å². The number of guanidine groups is 1. The molecule has 1 aromatic rings. The molecule has 7 heteroatoms. The van der Waals surface area contributed by atoms with Gasteiger partial charge >= 0.3 is 0 Å². The average molecular weight is 243 g/mol. The van der Waals surface area contributed by atoms with Gasteiger partial charge in [0.15, 0.2) is 5.96 Å². The molecule has 0 unspecified atom stereocenters. The summed E-state index contributed by atoms with van der Waals surface area (Å²) in [5, 5.41) is 2.61. The molecule has 0 aliphatic heterocycles. The Morgan fingerprint density at radius 1 is 1.50 bits per heavy atom. The van der Waals surface area contributed by atoms with Crippen LogP contribution in [-0.4, -0.2) is 25.5 Å². The first-order valence-electron chi connectivity index (χ1n) is 4.58. The maximum absolute atomic E-state index is 11.0. The fraction of sp³-hybridized carbons (Fsp3) is 0.222. The highest BCUT2D eigenvalue weighted by Crippen LogP contribution is 2.19. The zero-order chi connectivity index (χ0) is 12.2. The highest BCUT2D eigenvalue weighted by molar-refractivity contribution is 7.86. The second-order valence-corrected chi connectivity index (χ2v) is 4.35. The smallest absolute Gasteiger partial charge is 0.296 e. The van der Waals surface area contributed by atoms with Gasteiger partial charge in [-0.15, -0.1) is 0 Å². The van der Waals surface area contributed by atoms with Gasteiger partial charge in [-0.1, -0.05) is 12.1 Å². The van der Waals surface area contributed by atoms with Crippen LogP contribution in [0, 0.1) is 0 Å². The van der Waals surface area contributed by atoms with E-state index >= 15 is 0 Å². The van der Waals surface area contributed by atoms with Crippen molar-refractivity contribution in [2.45, 2.75) is 11.8 Å². The second-order valence-electron chi connectivity index (χ2n) is 2.96. The molecule has 0 saturated carbocycles. The van der Waals surface area contributed by atoms with Crippen LogP contribution in [0.2, 0.25) is 0 Å². The van der Waals surface area contributed by atoms with Gasteiger partial charge in [-0.05, 0) is 19.1 Å². The summed E-state index contributed by atoms with van der Waals surface area (Å²) in [5.74, 6) is 0.0959. The van der Waals surface area contributed by atoms with Crippen LogP contribution in [0.5, 0.6) is 0 Å². The molecule has 88 valence electrons. The van der Waals surface area contributed by atoms with Gasteiger partial charge < -0.3 is 11.1 Å². The van der Waals surface area contributed by atoms with Crippen molar-refractivity contribution in [1.29, 1.82) is 0 Å². The Balaban J connectivity index is 3.11. The third-order valence-corrected chi connectivity index (χ3v) is 2.67. The van der Waals surface area contributed by atoms with Crippen LogP contribution in [0.25, 0.3) is 0 Å². The van der Waals surface area contributed by atoms with E-state index in [1.807, 2.05) is 0 Å². The van der Waals surface area contributed by atoms with Crippen LogP contribution >= 0.6 is 0 Å². The fourth-order valence-electron chi connectivity index (χ4n) is 1.14. The number of nitrogens with two attached hydrogens (primary N) is 1. The number of benzene rings is 1. The fourth-order valence-corrected chi connectivity index (χ4v) is 1.79. The molecule has 0 aliphatic rings. The third kappa shape index (κ3) is 3.21. The lowest BCUT2D eigenvalue weighted by Gasteiger charge is -2.08. The highest BCUT2D eigenvalue weighted by Gasteiger charge is 2.14. The van der Waals surface area contributed by atoms with Crippen LogP contribution in [0.4, 0.5) is 5.69 Å². The predicted octanol–water partition coefficient (Wildman–Crippen LogP) is 0.680. The van der Waals surface area contributed by atoms with Gasteiger partial charge in [-0.25, -0.2) is 0 Å². The van der Waals surface area contributed by atoms with Gasteiger partial charge in [0.2, 0.25) is 0 Å². The minimum Gasteiger partial charge on any atom is -0.370 e. The third-order valence-electron chi connectivity index (χ3n) is 1.76. The van der Waals surface area contributed by atoms with Gasteiger partial charge in [-0.2, -0.15) is 8.42 Å². The van der Waals surface area contributed by atoms with E-state index in [4.69, 9.17) is 10.3 Å². The van der Waals surface area contributed by atoms with E-state index in [0.717, 1.165) is 0 Å². The number of rotatable bonds is 3. The Kier molecular flexibility index (Phi) is 3.86. The Morgan fingerprint density at radius 2 is 2.12 bits per heavy atom. The monoisotopic (exact) mass is 243 g/mol. The molecule has 1 rings (SSSR count). The summed E-state index contributed by atoms with van der Waals surface area (Å²) >= 11 is 0. The largest absolute Gasteiger partial charge is 0.370 e.